The largest absolute Gasteiger partial charge is 0.394 e. The summed E-state index contributed by atoms with van der Waals surface area (Å²) in [6.07, 6.45) is 3.72. The molecule has 1 atom stereocenters. The predicted molar refractivity (Wildman–Crippen MR) is 75.6 cm³/mol. The first kappa shape index (κ1) is 14.2. The molecule has 0 fully saturated rings. The molecule has 6 heteroatoms. The van der Waals surface area contributed by atoms with Gasteiger partial charge in [0, 0.05) is 25.4 Å². The van der Waals surface area contributed by atoms with Gasteiger partial charge in [-0.25, -0.2) is 0 Å². The Labute approximate surface area is 117 Å². The number of aryl methyl sites for hydroxylation is 1. The van der Waals surface area contributed by atoms with Crippen LogP contribution in [0.3, 0.4) is 0 Å². The molecule has 0 bridgehead atoms. The van der Waals surface area contributed by atoms with E-state index in [1.807, 2.05) is 37.5 Å². The Morgan fingerprint density at radius 2 is 2.30 bits per heavy atom. The van der Waals surface area contributed by atoms with Gasteiger partial charge in [0.2, 0.25) is 5.91 Å². The average molecular weight is 274 g/mol. The first-order chi connectivity index (χ1) is 9.60. The minimum Gasteiger partial charge on any atom is -0.394 e. The normalized spacial score (nSPS) is 12.2. The molecule has 106 valence electrons. The van der Waals surface area contributed by atoms with E-state index < -0.39 is 6.04 Å². The Bertz CT molecular complexity index is 594. The van der Waals surface area contributed by atoms with Gasteiger partial charge in [-0.3, -0.25) is 9.48 Å². The quantitative estimate of drug-likeness (QED) is 0.716. The van der Waals surface area contributed by atoms with Crippen molar-refractivity contribution in [2.24, 2.45) is 12.8 Å². The Morgan fingerprint density at radius 1 is 1.50 bits per heavy atom. The fraction of sp³-hybridized carbons (Fsp3) is 0.286. The van der Waals surface area contributed by atoms with Gasteiger partial charge in [-0.2, -0.15) is 5.10 Å². The van der Waals surface area contributed by atoms with Crippen LogP contribution in [-0.4, -0.2) is 33.4 Å². The lowest BCUT2D eigenvalue weighted by Gasteiger charge is -2.10. The fourth-order valence-corrected chi connectivity index (χ4v) is 1.83. The minimum absolute atomic E-state index is 0.360. The van der Waals surface area contributed by atoms with Crippen LogP contribution in [0.5, 0.6) is 0 Å². The second-order valence-corrected chi connectivity index (χ2v) is 4.61. The highest BCUT2D eigenvalue weighted by molar-refractivity contribution is 5.81. The second-order valence-electron chi connectivity index (χ2n) is 4.61. The topological polar surface area (TPSA) is 93.2 Å². The minimum atomic E-state index is -0.878. The molecule has 1 amide bonds. The van der Waals surface area contributed by atoms with E-state index in [4.69, 9.17) is 10.8 Å². The number of rotatable bonds is 5. The molecule has 0 radical (unpaired) electrons. The zero-order valence-electron chi connectivity index (χ0n) is 11.3. The van der Waals surface area contributed by atoms with Crippen molar-refractivity contribution in [2.75, 3.05) is 6.61 Å². The number of aliphatic hydroxyl groups excluding tert-OH is 1. The summed E-state index contributed by atoms with van der Waals surface area (Å²) >= 11 is 0. The lowest BCUT2D eigenvalue weighted by Crippen LogP contribution is -2.42. The van der Waals surface area contributed by atoms with E-state index >= 15 is 0 Å². The summed E-state index contributed by atoms with van der Waals surface area (Å²) in [7, 11) is 1.86. The summed E-state index contributed by atoms with van der Waals surface area (Å²) in [4.78, 5) is 11.5. The molecule has 0 saturated heterocycles. The maximum Gasteiger partial charge on any atom is 0.239 e. The van der Waals surface area contributed by atoms with E-state index in [1.54, 1.807) is 10.9 Å². The Balaban J connectivity index is 2.05. The molecular formula is C14H18N4O2. The number of aliphatic hydroxyl groups is 1. The number of hydrogen-bond donors (Lipinski definition) is 3. The van der Waals surface area contributed by atoms with Crippen LogP contribution in [0.15, 0.2) is 36.7 Å². The molecule has 1 aromatic carbocycles. The Morgan fingerprint density at radius 3 is 2.95 bits per heavy atom. The molecular weight excluding hydrogens is 256 g/mol. The number of amides is 1. The van der Waals surface area contributed by atoms with Gasteiger partial charge in [0.05, 0.1) is 12.8 Å². The van der Waals surface area contributed by atoms with Crippen molar-refractivity contribution in [2.45, 2.75) is 12.6 Å². The van der Waals surface area contributed by atoms with Crippen LogP contribution in [0.4, 0.5) is 0 Å². The van der Waals surface area contributed by atoms with E-state index in [9.17, 15) is 4.79 Å². The van der Waals surface area contributed by atoms with Crippen LogP contribution in [0.1, 0.15) is 5.56 Å². The van der Waals surface area contributed by atoms with Gasteiger partial charge >= 0.3 is 0 Å². The third-order valence-corrected chi connectivity index (χ3v) is 2.97. The number of nitrogens with zero attached hydrogens (tertiary/aromatic N) is 2. The average Bonchev–Trinajstić information content (AvgIpc) is 2.90. The number of nitrogens with one attached hydrogen (secondary N) is 1. The van der Waals surface area contributed by atoms with Gasteiger partial charge in [-0.05, 0) is 17.2 Å². The standard InChI is InChI=1S/C14H18N4O2/c1-18-8-12(7-17-18)11-4-2-3-10(5-11)6-16-14(20)13(15)9-19/h2-5,7-8,13,19H,6,9,15H2,1H3,(H,16,20). The zero-order valence-corrected chi connectivity index (χ0v) is 11.3. The highest BCUT2D eigenvalue weighted by atomic mass is 16.3. The molecule has 0 spiro atoms. The number of benzene rings is 1. The molecule has 2 aromatic rings. The molecule has 1 unspecified atom stereocenters. The fourth-order valence-electron chi connectivity index (χ4n) is 1.83. The van der Waals surface area contributed by atoms with Crippen LogP contribution < -0.4 is 11.1 Å². The van der Waals surface area contributed by atoms with Gasteiger partial charge < -0.3 is 16.2 Å². The predicted octanol–water partition coefficient (Wildman–Crippen LogP) is 0.0229. The maximum absolute atomic E-state index is 11.5. The lowest BCUT2D eigenvalue weighted by molar-refractivity contribution is -0.123. The van der Waals surface area contributed by atoms with Gasteiger partial charge in [-0.1, -0.05) is 18.2 Å². The number of nitrogens with two attached hydrogens (primary N) is 1. The van der Waals surface area contributed by atoms with Crippen LogP contribution in [-0.2, 0) is 18.4 Å². The summed E-state index contributed by atoms with van der Waals surface area (Å²) in [5.74, 6) is -0.362. The highest BCUT2D eigenvalue weighted by Crippen LogP contribution is 2.19. The smallest absolute Gasteiger partial charge is 0.239 e. The second kappa shape index (κ2) is 6.31. The summed E-state index contributed by atoms with van der Waals surface area (Å²) in [6, 6.07) is 6.95. The molecule has 4 N–H and O–H groups in total. The van der Waals surface area contributed by atoms with Crippen molar-refractivity contribution >= 4 is 5.91 Å². The molecule has 0 aliphatic rings. The highest BCUT2D eigenvalue weighted by Gasteiger charge is 2.11. The van der Waals surface area contributed by atoms with E-state index in [0.717, 1.165) is 16.7 Å². The van der Waals surface area contributed by atoms with Gasteiger partial charge in [-0.15, -0.1) is 0 Å². The summed E-state index contributed by atoms with van der Waals surface area (Å²) in [5, 5.41) is 15.6. The summed E-state index contributed by atoms with van der Waals surface area (Å²) in [5.41, 5.74) is 8.45. The zero-order chi connectivity index (χ0) is 14.5. The molecule has 2 rings (SSSR count). The van der Waals surface area contributed by atoms with Crippen LogP contribution in [0, 0.1) is 0 Å². The number of aromatic nitrogens is 2. The maximum atomic E-state index is 11.5. The molecule has 1 aromatic heterocycles. The lowest BCUT2D eigenvalue weighted by atomic mass is 10.1. The number of carbonyl (C=O) groups excluding carboxylic acids is 1. The van der Waals surface area contributed by atoms with E-state index in [2.05, 4.69) is 10.4 Å². The van der Waals surface area contributed by atoms with Crippen molar-refractivity contribution in [3.8, 4) is 11.1 Å². The van der Waals surface area contributed by atoms with Crippen molar-refractivity contribution < 1.29 is 9.90 Å². The van der Waals surface area contributed by atoms with Gasteiger partial charge in [0.25, 0.3) is 0 Å². The van der Waals surface area contributed by atoms with Crippen LogP contribution in [0.2, 0.25) is 0 Å². The summed E-state index contributed by atoms with van der Waals surface area (Å²) in [6.45, 7) is 0.0161. The molecule has 20 heavy (non-hydrogen) atoms. The molecule has 0 aliphatic carbocycles. The van der Waals surface area contributed by atoms with E-state index in [0.29, 0.717) is 6.54 Å². The summed E-state index contributed by atoms with van der Waals surface area (Å²) < 4.78 is 1.74. The van der Waals surface area contributed by atoms with E-state index in [1.165, 1.54) is 0 Å². The first-order valence-corrected chi connectivity index (χ1v) is 6.32. The van der Waals surface area contributed by atoms with Crippen LogP contribution >= 0.6 is 0 Å². The van der Waals surface area contributed by atoms with Gasteiger partial charge in [0.1, 0.15) is 6.04 Å². The third-order valence-electron chi connectivity index (χ3n) is 2.97. The number of carbonyl (C=O) groups is 1. The monoisotopic (exact) mass is 274 g/mol. The Hall–Kier alpha value is -2.18. The molecule has 1 heterocycles. The third kappa shape index (κ3) is 3.43. The first-order valence-electron chi connectivity index (χ1n) is 6.32. The molecule has 0 aliphatic heterocycles. The van der Waals surface area contributed by atoms with Crippen molar-refractivity contribution in [1.29, 1.82) is 0 Å². The van der Waals surface area contributed by atoms with E-state index in [-0.39, 0.29) is 12.5 Å². The SMILES string of the molecule is Cn1cc(-c2cccc(CNC(=O)C(N)CO)c2)cn1. The Kier molecular flexibility index (Phi) is 4.49. The van der Waals surface area contributed by atoms with Gasteiger partial charge in [0.15, 0.2) is 0 Å². The molecule has 0 saturated carbocycles. The van der Waals surface area contributed by atoms with Crippen molar-refractivity contribution in [3.05, 3.63) is 42.2 Å². The van der Waals surface area contributed by atoms with Crippen molar-refractivity contribution in [1.82, 2.24) is 15.1 Å². The number of hydrogen-bond acceptors (Lipinski definition) is 4. The van der Waals surface area contributed by atoms with Crippen molar-refractivity contribution in [3.63, 3.8) is 0 Å². The van der Waals surface area contributed by atoms with Crippen LogP contribution in [0.25, 0.3) is 11.1 Å². The molecule has 6 nitrogen and oxygen atoms in total.